The third-order valence-electron chi connectivity index (χ3n) is 3.44. The van der Waals surface area contributed by atoms with Crippen molar-refractivity contribution in [3.63, 3.8) is 0 Å². The normalized spacial score (nSPS) is 11.4. The van der Waals surface area contributed by atoms with E-state index in [1.54, 1.807) is 6.20 Å². The number of hydrogen-bond donors (Lipinski definition) is 1. The molecule has 0 bridgehead atoms. The number of benzene rings is 2. The minimum absolute atomic E-state index is 0.955. The highest BCUT2D eigenvalue weighted by atomic mass is 14.8. The Bertz CT molecular complexity index is 935. The van der Waals surface area contributed by atoms with Crippen LogP contribution < -0.4 is 0 Å². The number of nitrogens with zero attached hydrogens (tertiary/aromatic N) is 2. The van der Waals surface area contributed by atoms with Gasteiger partial charge in [-0.05, 0) is 12.1 Å². The molecule has 4 aromatic rings. The molecule has 19 heavy (non-hydrogen) atoms. The van der Waals surface area contributed by atoms with Gasteiger partial charge in [-0.2, -0.15) is 0 Å². The zero-order valence-corrected chi connectivity index (χ0v) is 10.2. The Labute approximate surface area is 109 Å². The summed E-state index contributed by atoms with van der Waals surface area (Å²) in [6.45, 7) is 3.88. The zero-order chi connectivity index (χ0) is 12.8. The molecule has 2 aromatic carbocycles. The molecular weight excluding hydrogens is 234 g/mol. The van der Waals surface area contributed by atoms with Crippen LogP contribution in [0, 0.1) is 0 Å². The first kappa shape index (κ1) is 10.3. The Hall–Kier alpha value is -2.68. The van der Waals surface area contributed by atoms with E-state index in [1.165, 1.54) is 0 Å². The zero-order valence-electron chi connectivity index (χ0n) is 10.2. The Morgan fingerprint density at radius 1 is 1.16 bits per heavy atom. The molecule has 0 saturated carbocycles. The summed E-state index contributed by atoms with van der Waals surface area (Å²) in [6, 6.07) is 10.2. The third-order valence-corrected chi connectivity index (χ3v) is 3.44. The van der Waals surface area contributed by atoms with Gasteiger partial charge in [-0.15, -0.1) is 0 Å². The minimum atomic E-state index is 0.955. The summed E-state index contributed by atoms with van der Waals surface area (Å²) < 4.78 is 0. The van der Waals surface area contributed by atoms with Gasteiger partial charge in [-0.1, -0.05) is 30.9 Å². The fraction of sp³-hybridized carbons (Fsp3) is 0. The SMILES string of the molecule is C=Cc1cc2[nH]ccnc2c2c1nc1ccccc12. The van der Waals surface area contributed by atoms with Crippen LogP contribution in [-0.4, -0.2) is 15.0 Å². The van der Waals surface area contributed by atoms with E-state index in [2.05, 4.69) is 22.6 Å². The lowest BCUT2D eigenvalue weighted by atomic mass is 10.1. The molecular formula is C16H11N3. The number of H-pyrrole nitrogens is 1. The van der Waals surface area contributed by atoms with E-state index in [0.717, 1.165) is 38.4 Å². The predicted molar refractivity (Wildman–Crippen MR) is 79.0 cm³/mol. The lowest BCUT2D eigenvalue weighted by Gasteiger charge is -2.02. The van der Waals surface area contributed by atoms with Crippen molar-refractivity contribution < 1.29 is 0 Å². The lowest BCUT2D eigenvalue weighted by molar-refractivity contribution is 1.30. The van der Waals surface area contributed by atoms with Crippen LogP contribution in [0.4, 0.5) is 0 Å². The summed E-state index contributed by atoms with van der Waals surface area (Å²) in [5.74, 6) is 0. The molecule has 3 nitrogen and oxygen atoms in total. The van der Waals surface area contributed by atoms with E-state index >= 15 is 0 Å². The van der Waals surface area contributed by atoms with Gasteiger partial charge < -0.3 is 4.98 Å². The van der Waals surface area contributed by atoms with Gasteiger partial charge in [-0.25, -0.2) is 4.98 Å². The Morgan fingerprint density at radius 2 is 2.05 bits per heavy atom. The maximum absolute atomic E-state index is 4.71. The number of aromatic nitrogens is 3. The molecule has 0 fully saturated rings. The van der Waals surface area contributed by atoms with Crippen molar-refractivity contribution in [1.82, 2.24) is 15.0 Å². The van der Waals surface area contributed by atoms with Crippen LogP contribution in [0.15, 0.2) is 49.3 Å². The topological polar surface area (TPSA) is 41.6 Å². The molecule has 90 valence electrons. The summed E-state index contributed by atoms with van der Waals surface area (Å²) in [5.41, 5.74) is 4.96. The number of fused-ring (bicyclic) bond motifs is 5. The second kappa shape index (κ2) is 3.65. The summed E-state index contributed by atoms with van der Waals surface area (Å²) >= 11 is 0. The molecule has 1 N–H and O–H groups in total. The monoisotopic (exact) mass is 245 g/mol. The van der Waals surface area contributed by atoms with Crippen molar-refractivity contribution >= 4 is 38.9 Å². The average molecular weight is 245 g/mol. The maximum atomic E-state index is 4.71. The molecule has 0 aliphatic rings. The highest BCUT2D eigenvalue weighted by molar-refractivity contribution is 6.20. The van der Waals surface area contributed by atoms with Crippen molar-refractivity contribution in [1.29, 1.82) is 0 Å². The standard InChI is InChI=1S/C16H11N3/c1-2-10-9-13-16(18-8-7-17-13)14-11-5-3-4-6-12(11)19-15(10)14/h2-9,17H,1H2. The summed E-state index contributed by atoms with van der Waals surface area (Å²) in [7, 11) is 0. The van der Waals surface area contributed by atoms with Crippen LogP contribution in [0.5, 0.6) is 0 Å². The van der Waals surface area contributed by atoms with E-state index in [1.807, 2.05) is 36.5 Å². The Balaban J connectivity index is 2.40. The molecule has 2 aromatic heterocycles. The summed E-state index contributed by atoms with van der Waals surface area (Å²) in [5, 5.41) is 2.23. The summed E-state index contributed by atoms with van der Waals surface area (Å²) in [6.07, 6.45) is 5.45. The van der Waals surface area contributed by atoms with E-state index in [0.29, 0.717) is 0 Å². The van der Waals surface area contributed by atoms with Crippen LogP contribution in [0.2, 0.25) is 0 Å². The first-order chi connectivity index (χ1) is 9.38. The van der Waals surface area contributed by atoms with Gasteiger partial charge in [0.2, 0.25) is 0 Å². The number of rotatable bonds is 1. The van der Waals surface area contributed by atoms with E-state index in [4.69, 9.17) is 4.98 Å². The largest absolute Gasteiger partial charge is 0.358 e. The number of para-hydroxylation sites is 1. The van der Waals surface area contributed by atoms with Crippen molar-refractivity contribution in [3.05, 3.63) is 54.9 Å². The van der Waals surface area contributed by atoms with Crippen LogP contribution >= 0.6 is 0 Å². The van der Waals surface area contributed by atoms with Crippen molar-refractivity contribution in [2.24, 2.45) is 0 Å². The fourth-order valence-corrected chi connectivity index (χ4v) is 2.60. The van der Waals surface area contributed by atoms with Crippen molar-refractivity contribution in [3.8, 4) is 0 Å². The number of nitrogens with one attached hydrogen (secondary N) is 1. The van der Waals surface area contributed by atoms with E-state index in [-0.39, 0.29) is 0 Å². The second-order valence-corrected chi connectivity index (χ2v) is 4.51. The van der Waals surface area contributed by atoms with Crippen molar-refractivity contribution in [2.75, 3.05) is 0 Å². The smallest absolute Gasteiger partial charge is 0.0966 e. The van der Waals surface area contributed by atoms with Gasteiger partial charge in [0, 0.05) is 28.7 Å². The number of hydrogen-bond acceptors (Lipinski definition) is 2. The molecule has 2 heterocycles. The van der Waals surface area contributed by atoms with E-state index in [9.17, 15) is 0 Å². The molecule has 0 spiro atoms. The Morgan fingerprint density at radius 3 is 2.95 bits per heavy atom. The van der Waals surface area contributed by atoms with Crippen LogP contribution in [-0.2, 0) is 0 Å². The lowest BCUT2D eigenvalue weighted by Crippen LogP contribution is -1.86. The highest BCUT2D eigenvalue weighted by Gasteiger charge is 2.12. The first-order valence-electron chi connectivity index (χ1n) is 6.15. The van der Waals surface area contributed by atoms with Crippen LogP contribution in [0.1, 0.15) is 5.56 Å². The molecule has 0 unspecified atom stereocenters. The molecule has 0 saturated heterocycles. The average Bonchev–Trinajstić information content (AvgIpc) is 2.86. The summed E-state index contributed by atoms with van der Waals surface area (Å²) in [4.78, 5) is 12.4. The van der Waals surface area contributed by atoms with Gasteiger partial charge in [0.1, 0.15) is 0 Å². The minimum Gasteiger partial charge on any atom is -0.358 e. The second-order valence-electron chi connectivity index (χ2n) is 4.51. The van der Waals surface area contributed by atoms with Gasteiger partial charge >= 0.3 is 0 Å². The van der Waals surface area contributed by atoms with E-state index < -0.39 is 0 Å². The predicted octanol–water partition coefficient (Wildman–Crippen LogP) is 3.91. The fourth-order valence-electron chi connectivity index (χ4n) is 2.60. The molecule has 0 amide bonds. The molecule has 0 aliphatic carbocycles. The number of aromatic amines is 1. The third kappa shape index (κ3) is 1.32. The van der Waals surface area contributed by atoms with Gasteiger partial charge in [0.05, 0.1) is 22.1 Å². The first-order valence-corrected chi connectivity index (χ1v) is 6.15. The van der Waals surface area contributed by atoms with Gasteiger partial charge in [0.25, 0.3) is 0 Å². The van der Waals surface area contributed by atoms with Gasteiger partial charge in [-0.3, -0.25) is 4.98 Å². The molecule has 0 aliphatic heterocycles. The molecule has 3 heteroatoms. The van der Waals surface area contributed by atoms with Gasteiger partial charge in [0.15, 0.2) is 0 Å². The molecule has 4 rings (SSSR count). The molecule has 0 radical (unpaired) electrons. The van der Waals surface area contributed by atoms with Crippen molar-refractivity contribution in [2.45, 2.75) is 0 Å². The quantitative estimate of drug-likeness (QED) is 0.552. The molecule has 0 atom stereocenters. The maximum Gasteiger partial charge on any atom is 0.0966 e. The van der Waals surface area contributed by atoms with Crippen LogP contribution in [0.25, 0.3) is 38.9 Å². The van der Waals surface area contributed by atoms with Crippen LogP contribution in [0.3, 0.4) is 0 Å². The Kier molecular flexibility index (Phi) is 1.97. The highest BCUT2D eigenvalue weighted by Crippen LogP contribution is 2.33.